The lowest BCUT2D eigenvalue weighted by Crippen LogP contribution is -2.30. The monoisotopic (exact) mass is 1410 g/mol. The van der Waals surface area contributed by atoms with Crippen LogP contribution in [0.5, 0.6) is 0 Å². The molecule has 0 aliphatic rings. The summed E-state index contributed by atoms with van der Waals surface area (Å²) >= 11 is 0. The number of carbonyl (C=O) groups is 4. The van der Waals surface area contributed by atoms with Crippen LogP contribution in [0.3, 0.4) is 0 Å². The first-order chi connectivity index (χ1) is 46.4. The molecule has 5 atom stereocenters. The number of hydrogen-bond acceptors (Lipinski definition) is 15. The second-order valence-electron chi connectivity index (χ2n) is 28.7. The SMILES string of the molecule is CCCCCCCCCCCCCCCC(=O)OC[C@H](COP(=O)(O)OC[C@@H](O)COP(=O)(O)OC[C@@H](COC(=O)CCCCCCCCCCCCCC)OC(=O)CCCCCCCCCCCC(C)C)OC(=O)CCCCCCCCCCCCCCCCCCC(C)C. The topological polar surface area (TPSA) is 237 Å². The molecule has 2 unspecified atom stereocenters. The smallest absolute Gasteiger partial charge is 0.462 e. The Morgan fingerprint density at radius 1 is 0.281 bits per heavy atom. The van der Waals surface area contributed by atoms with Crippen LogP contribution in [0.2, 0.25) is 0 Å². The molecule has 0 aliphatic carbocycles. The van der Waals surface area contributed by atoms with Gasteiger partial charge in [-0.05, 0) is 37.5 Å². The molecule has 0 spiro atoms. The zero-order valence-corrected chi connectivity index (χ0v) is 64.5. The Morgan fingerprint density at radius 3 is 0.708 bits per heavy atom. The second-order valence-corrected chi connectivity index (χ2v) is 31.6. The fourth-order valence-corrected chi connectivity index (χ4v) is 13.4. The molecule has 0 bridgehead atoms. The van der Waals surface area contributed by atoms with Gasteiger partial charge >= 0.3 is 39.5 Å². The first-order valence-electron chi connectivity index (χ1n) is 40.0. The van der Waals surface area contributed by atoms with Crippen molar-refractivity contribution >= 4 is 39.5 Å². The molecule has 570 valence electrons. The van der Waals surface area contributed by atoms with E-state index in [0.717, 1.165) is 102 Å². The maximum absolute atomic E-state index is 13.1. The summed E-state index contributed by atoms with van der Waals surface area (Å²) in [5, 5.41) is 10.6. The lowest BCUT2D eigenvalue weighted by atomic mass is 10.0. The summed E-state index contributed by atoms with van der Waals surface area (Å²) in [5.41, 5.74) is 0. The van der Waals surface area contributed by atoms with Crippen LogP contribution in [-0.2, 0) is 65.4 Å². The van der Waals surface area contributed by atoms with E-state index in [9.17, 15) is 43.2 Å². The lowest BCUT2D eigenvalue weighted by molar-refractivity contribution is -0.161. The van der Waals surface area contributed by atoms with Crippen molar-refractivity contribution in [2.24, 2.45) is 11.8 Å². The Balaban J connectivity index is 5.24. The molecule has 0 heterocycles. The van der Waals surface area contributed by atoms with Crippen molar-refractivity contribution in [2.75, 3.05) is 39.6 Å². The van der Waals surface area contributed by atoms with E-state index in [-0.39, 0.29) is 25.7 Å². The number of rotatable bonds is 76. The van der Waals surface area contributed by atoms with Crippen LogP contribution in [-0.4, -0.2) is 96.7 Å². The normalized spacial score (nSPS) is 14.0. The molecule has 0 aromatic rings. The van der Waals surface area contributed by atoms with E-state index in [1.165, 1.54) is 218 Å². The number of hydrogen-bond donors (Lipinski definition) is 3. The summed E-state index contributed by atoms with van der Waals surface area (Å²) in [6.07, 6.45) is 56.8. The van der Waals surface area contributed by atoms with Crippen molar-refractivity contribution in [3.63, 3.8) is 0 Å². The van der Waals surface area contributed by atoms with Gasteiger partial charge in [0.25, 0.3) is 0 Å². The zero-order chi connectivity index (χ0) is 70.7. The first-order valence-corrected chi connectivity index (χ1v) is 43.0. The Bertz CT molecular complexity index is 1860. The number of esters is 4. The molecule has 0 rings (SSSR count). The first kappa shape index (κ1) is 94.1. The molecule has 0 aromatic carbocycles. The van der Waals surface area contributed by atoms with Crippen molar-refractivity contribution in [3.05, 3.63) is 0 Å². The summed E-state index contributed by atoms with van der Waals surface area (Å²) in [6, 6.07) is 0. The number of ether oxygens (including phenoxy) is 4. The molecule has 0 aliphatic heterocycles. The van der Waals surface area contributed by atoms with Gasteiger partial charge in [-0.25, -0.2) is 9.13 Å². The van der Waals surface area contributed by atoms with Gasteiger partial charge in [0.2, 0.25) is 0 Å². The minimum Gasteiger partial charge on any atom is -0.462 e. The third kappa shape index (κ3) is 70.5. The Morgan fingerprint density at radius 2 is 0.479 bits per heavy atom. The van der Waals surface area contributed by atoms with Gasteiger partial charge in [-0.3, -0.25) is 37.3 Å². The molecule has 3 N–H and O–H groups in total. The molecule has 17 nitrogen and oxygen atoms in total. The predicted molar refractivity (Wildman–Crippen MR) is 391 cm³/mol. The molecule has 0 aromatic heterocycles. The van der Waals surface area contributed by atoms with E-state index in [1.807, 2.05) is 0 Å². The maximum Gasteiger partial charge on any atom is 0.472 e. The molecule has 19 heteroatoms. The number of aliphatic hydroxyl groups is 1. The Hall–Kier alpha value is -1.94. The van der Waals surface area contributed by atoms with E-state index in [0.29, 0.717) is 25.7 Å². The number of unbranched alkanes of at least 4 members (excludes halogenated alkanes) is 46. The highest BCUT2D eigenvalue weighted by atomic mass is 31.2. The molecular weight excluding hydrogens is 1260 g/mol. The van der Waals surface area contributed by atoms with Gasteiger partial charge in [0, 0.05) is 25.7 Å². The minimum atomic E-state index is -4.96. The average molecular weight is 1410 g/mol. The van der Waals surface area contributed by atoms with Crippen LogP contribution < -0.4 is 0 Å². The molecule has 0 saturated carbocycles. The number of phosphoric acid groups is 2. The fraction of sp³-hybridized carbons (Fsp3) is 0.948. The van der Waals surface area contributed by atoms with E-state index in [2.05, 4.69) is 41.5 Å². The van der Waals surface area contributed by atoms with Gasteiger partial charge in [0.1, 0.15) is 19.3 Å². The standard InChI is InChI=1S/C77H150O17P2/c1-7-9-11-13-15-17-19-25-30-36-42-48-54-60-75(80)88-65-72(93-76(81)61-55-49-43-37-31-27-24-22-21-23-26-28-33-39-45-51-57-69(3)4)67-91-95(83,84)89-63-71(78)64-90-96(85,86)92-68-73(94-77(82)62-56-50-44-38-32-34-40-46-52-58-70(5)6)66-87-74(79)59-53-47-41-35-29-20-18-16-14-12-10-8-2/h69-73,78H,7-68H2,1-6H3,(H,83,84)(H,85,86)/t71-,72-,73-/m1/s1. The highest BCUT2D eigenvalue weighted by Crippen LogP contribution is 2.45. The number of phosphoric ester groups is 2. The maximum atomic E-state index is 13.1. The van der Waals surface area contributed by atoms with E-state index in [1.54, 1.807) is 0 Å². The van der Waals surface area contributed by atoms with Gasteiger partial charge in [0.15, 0.2) is 12.2 Å². The summed E-state index contributed by atoms with van der Waals surface area (Å²) in [5.74, 6) is -0.567. The number of carbonyl (C=O) groups excluding carboxylic acids is 4. The van der Waals surface area contributed by atoms with Crippen LogP contribution in [0, 0.1) is 11.8 Å². The van der Waals surface area contributed by atoms with Gasteiger partial charge in [0.05, 0.1) is 26.4 Å². The minimum absolute atomic E-state index is 0.106. The Kier molecular flexibility index (Phi) is 67.4. The summed E-state index contributed by atoms with van der Waals surface area (Å²) in [7, 11) is -9.91. The highest BCUT2D eigenvalue weighted by molar-refractivity contribution is 7.47. The van der Waals surface area contributed by atoms with E-state index in [4.69, 9.17) is 37.0 Å². The fourth-order valence-electron chi connectivity index (χ4n) is 11.8. The quantitative estimate of drug-likeness (QED) is 0.0222. The van der Waals surface area contributed by atoms with Gasteiger partial charge in [-0.2, -0.15) is 0 Å². The largest absolute Gasteiger partial charge is 0.472 e. The van der Waals surface area contributed by atoms with E-state index < -0.39 is 97.5 Å². The van der Waals surface area contributed by atoms with Gasteiger partial charge in [-0.1, -0.05) is 350 Å². The van der Waals surface area contributed by atoms with Gasteiger partial charge in [-0.15, -0.1) is 0 Å². The van der Waals surface area contributed by atoms with Crippen molar-refractivity contribution < 1.29 is 80.2 Å². The molecule has 0 amide bonds. The predicted octanol–water partition coefficient (Wildman–Crippen LogP) is 22.7. The van der Waals surface area contributed by atoms with Crippen molar-refractivity contribution in [2.45, 2.75) is 419 Å². The molecule has 96 heavy (non-hydrogen) atoms. The van der Waals surface area contributed by atoms with Crippen molar-refractivity contribution in [1.82, 2.24) is 0 Å². The molecule has 0 radical (unpaired) electrons. The molecular formula is C77H150O17P2. The zero-order valence-electron chi connectivity index (χ0n) is 62.7. The third-order valence-electron chi connectivity index (χ3n) is 18.0. The summed E-state index contributed by atoms with van der Waals surface area (Å²) < 4.78 is 68.6. The molecule has 0 fully saturated rings. The van der Waals surface area contributed by atoms with E-state index >= 15 is 0 Å². The van der Waals surface area contributed by atoms with Crippen LogP contribution >= 0.6 is 15.6 Å². The molecule has 0 saturated heterocycles. The summed E-state index contributed by atoms with van der Waals surface area (Å²) in [6.45, 7) is 9.61. The van der Waals surface area contributed by atoms with Crippen LogP contribution in [0.1, 0.15) is 401 Å². The van der Waals surface area contributed by atoms with Crippen molar-refractivity contribution in [1.29, 1.82) is 0 Å². The van der Waals surface area contributed by atoms with Crippen LogP contribution in [0.15, 0.2) is 0 Å². The third-order valence-corrected chi connectivity index (χ3v) is 19.9. The van der Waals surface area contributed by atoms with Crippen molar-refractivity contribution in [3.8, 4) is 0 Å². The Labute approximate surface area is 588 Å². The summed E-state index contributed by atoms with van der Waals surface area (Å²) in [4.78, 5) is 72.9. The number of aliphatic hydroxyl groups excluding tert-OH is 1. The second kappa shape index (κ2) is 68.8. The van der Waals surface area contributed by atoms with Gasteiger partial charge < -0.3 is 33.8 Å². The van der Waals surface area contributed by atoms with Crippen LogP contribution in [0.25, 0.3) is 0 Å². The lowest BCUT2D eigenvalue weighted by Gasteiger charge is -2.21. The average Bonchev–Trinajstić information content (AvgIpc) is 3.77. The highest BCUT2D eigenvalue weighted by Gasteiger charge is 2.30. The van der Waals surface area contributed by atoms with Crippen LogP contribution in [0.4, 0.5) is 0 Å².